The van der Waals surface area contributed by atoms with Crippen molar-refractivity contribution in [2.45, 2.75) is 0 Å². The molecule has 94 valence electrons. The van der Waals surface area contributed by atoms with E-state index in [1.54, 1.807) is 0 Å². The second-order valence-corrected chi connectivity index (χ2v) is 7.20. The van der Waals surface area contributed by atoms with Crippen LogP contribution < -0.4 is 0 Å². The van der Waals surface area contributed by atoms with Gasteiger partial charge in [0, 0.05) is 18.1 Å². The predicted molar refractivity (Wildman–Crippen MR) is 97.5 cm³/mol. The predicted octanol–water partition coefficient (Wildman–Crippen LogP) is 6.64. The molecule has 0 radical (unpaired) electrons. The first-order valence-electron chi connectivity index (χ1n) is 5.79. The van der Waals surface area contributed by atoms with Crippen LogP contribution in [0.2, 0.25) is 0 Å². The molecule has 3 heteroatoms. The number of hydrogen-bond acceptors (Lipinski definition) is 0. The van der Waals surface area contributed by atoms with Gasteiger partial charge in [0.05, 0.1) is 0 Å². The summed E-state index contributed by atoms with van der Waals surface area (Å²) in [5, 5.41) is 2.51. The Morgan fingerprint density at radius 2 is 1.63 bits per heavy atom. The minimum atomic E-state index is 1.11. The van der Waals surface area contributed by atoms with Crippen LogP contribution in [-0.2, 0) is 0 Å². The van der Waals surface area contributed by atoms with Gasteiger partial charge in [-0.15, -0.1) is 0 Å². The fraction of sp³-hybridized carbons (Fsp3) is 0. The number of benzene rings is 3. The summed E-state index contributed by atoms with van der Waals surface area (Å²) in [6.45, 7) is 0. The molecule has 0 aromatic heterocycles. The first kappa shape index (κ1) is 13.6. The highest BCUT2D eigenvalue weighted by Gasteiger charge is 2.11. The van der Waals surface area contributed by atoms with Gasteiger partial charge in [-0.2, -0.15) is 0 Å². The molecule has 0 spiro atoms. The number of hydrogen-bond donors (Lipinski definition) is 0. The van der Waals surface area contributed by atoms with Gasteiger partial charge in [0.25, 0.3) is 0 Å². The van der Waals surface area contributed by atoms with Crippen LogP contribution in [0.15, 0.2) is 63.5 Å². The van der Waals surface area contributed by atoms with E-state index in [1.807, 2.05) is 0 Å². The summed E-state index contributed by atoms with van der Waals surface area (Å²) >= 11 is 9.61. The van der Waals surface area contributed by atoms with Gasteiger partial charge in [0.1, 0.15) is 0 Å². The molecular weight excluding hydrogens is 479 g/mol. The van der Waals surface area contributed by atoms with Crippen LogP contribution in [0.5, 0.6) is 0 Å². The van der Waals surface area contributed by atoms with E-state index >= 15 is 0 Å². The van der Waals surface area contributed by atoms with Crippen molar-refractivity contribution < 1.29 is 0 Å². The van der Waals surface area contributed by atoms with E-state index in [0.717, 1.165) is 8.95 Å². The maximum Gasteiger partial charge on any atom is 0.0260 e. The summed E-state index contributed by atoms with van der Waals surface area (Å²) in [6.07, 6.45) is 0. The average molecular weight is 488 g/mol. The van der Waals surface area contributed by atoms with Crippen molar-refractivity contribution in [3.8, 4) is 11.1 Å². The van der Waals surface area contributed by atoms with Crippen molar-refractivity contribution >= 4 is 65.2 Å². The van der Waals surface area contributed by atoms with Gasteiger partial charge in [0.15, 0.2) is 0 Å². The highest BCUT2D eigenvalue weighted by Crippen LogP contribution is 2.38. The second-order valence-electron chi connectivity index (χ2n) is 4.27. The highest BCUT2D eigenvalue weighted by atomic mass is 127. The molecule has 0 aliphatic rings. The second kappa shape index (κ2) is 5.54. The lowest BCUT2D eigenvalue weighted by molar-refractivity contribution is 1.58. The molecule has 3 rings (SSSR count). The third kappa shape index (κ3) is 2.60. The minimum Gasteiger partial charge on any atom is -0.0616 e. The van der Waals surface area contributed by atoms with Crippen LogP contribution in [0.25, 0.3) is 21.9 Å². The Labute approximate surface area is 142 Å². The van der Waals surface area contributed by atoms with E-state index < -0.39 is 0 Å². The maximum absolute atomic E-state index is 3.69. The van der Waals surface area contributed by atoms with Crippen LogP contribution in [0.1, 0.15) is 0 Å². The Morgan fingerprint density at radius 1 is 0.842 bits per heavy atom. The molecule has 0 saturated carbocycles. The zero-order chi connectivity index (χ0) is 13.4. The summed E-state index contributed by atoms with van der Waals surface area (Å²) < 4.78 is 3.50. The third-order valence-electron chi connectivity index (χ3n) is 3.07. The molecule has 3 aromatic carbocycles. The molecule has 0 amide bonds. The van der Waals surface area contributed by atoms with Crippen LogP contribution in [0, 0.1) is 3.57 Å². The fourth-order valence-electron chi connectivity index (χ4n) is 2.21. The molecule has 19 heavy (non-hydrogen) atoms. The zero-order valence-electron chi connectivity index (χ0n) is 9.83. The Morgan fingerprint density at radius 3 is 2.42 bits per heavy atom. The van der Waals surface area contributed by atoms with E-state index in [4.69, 9.17) is 0 Å². The molecule has 0 aliphatic carbocycles. The van der Waals surface area contributed by atoms with Gasteiger partial charge in [-0.25, -0.2) is 0 Å². The Balaban J connectivity index is 2.40. The number of halogens is 3. The Hall–Kier alpha value is -0.390. The van der Waals surface area contributed by atoms with E-state index in [2.05, 4.69) is 109 Å². The average Bonchev–Trinajstić information content (AvgIpc) is 2.40. The number of rotatable bonds is 1. The minimum absolute atomic E-state index is 1.11. The van der Waals surface area contributed by atoms with Crippen molar-refractivity contribution in [1.82, 2.24) is 0 Å². The smallest absolute Gasteiger partial charge is 0.0260 e. The lowest BCUT2D eigenvalue weighted by Crippen LogP contribution is -1.87. The van der Waals surface area contributed by atoms with Crippen LogP contribution in [0.4, 0.5) is 0 Å². The molecule has 0 N–H and O–H groups in total. The molecule has 0 unspecified atom stereocenters. The lowest BCUT2D eigenvalue weighted by atomic mass is 9.98. The summed E-state index contributed by atoms with van der Waals surface area (Å²) in [5.74, 6) is 0. The largest absolute Gasteiger partial charge is 0.0616 e. The van der Waals surface area contributed by atoms with Gasteiger partial charge in [-0.1, -0.05) is 62.2 Å². The molecule has 0 nitrogen and oxygen atoms in total. The lowest BCUT2D eigenvalue weighted by Gasteiger charge is -2.11. The van der Waals surface area contributed by atoms with Gasteiger partial charge >= 0.3 is 0 Å². The van der Waals surface area contributed by atoms with Crippen LogP contribution in [-0.4, -0.2) is 0 Å². The number of fused-ring (bicyclic) bond motifs is 1. The highest BCUT2D eigenvalue weighted by molar-refractivity contribution is 14.1. The standard InChI is InChI=1S/C16H9Br2I/c17-11-6-7-12-10(9-11)5-8-14(18)16(12)13-3-1-2-4-15(13)19/h1-9H. The van der Waals surface area contributed by atoms with E-state index in [9.17, 15) is 0 Å². The monoisotopic (exact) mass is 486 g/mol. The van der Waals surface area contributed by atoms with Crippen molar-refractivity contribution in [1.29, 1.82) is 0 Å². The van der Waals surface area contributed by atoms with Crippen molar-refractivity contribution in [3.05, 3.63) is 67.1 Å². The Kier molecular flexibility index (Phi) is 3.96. The molecular formula is C16H9Br2I. The van der Waals surface area contributed by atoms with Gasteiger partial charge < -0.3 is 0 Å². The summed E-state index contributed by atoms with van der Waals surface area (Å²) in [4.78, 5) is 0. The molecule has 0 aliphatic heterocycles. The van der Waals surface area contributed by atoms with Gasteiger partial charge in [-0.3, -0.25) is 0 Å². The van der Waals surface area contributed by atoms with Crippen molar-refractivity contribution in [3.63, 3.8) is 0 Å². The van der Waals surface area contributed by atoms with Crippen LogP contribution in [0.3, 0.4) is 0 Å². The molecule has 3 aromatic rings. The quantitative estimate of drug-likeness (QED) is 0.338. The van der Waals surface area contributed by atoms with Crippen molar-refractivity contribution in [2.75, 3.05) is 0 Å². The SMILES string of the molecule is Brc1ccc2c(-c3ccccc3I)c(Br)ccc2c1. The zero-order valence-corrected chi connectivity index (χ0v) is 15.2. The van der Waals surface area contributed by atoms with E-state index in [1.165, 1.54) is 25.5 Å². The fourth-order valence-corrected chi connectivity index (χ4v) is 3.81. The molecule has 0 fully saturated rings. The summed E-state index contributed by atoms with van der Waals surface area (Å²) in [7, 11) is 0. The van der Waals surface area contributed by atoms with Gasteiger partial charge in [0.2, 0.25) is 0 Å². The third-order valence-corrected chi connectivity index (χ3v) is 5.17. The molecule has 0 saturated heterocycles. The maximum atomic E-state index is 3.69. The van der Waals surface area contributed by atoms with Gasteiger partial charge in [-0.05, 0) is 63.2 Å². The summed E-state index contributed by atoms with van der Waals surface area (Å²) in [5.41, 5.74) is 2.53. The summed E-state index contributed by atoms with van der Waals surface area (Å²) in [6, 6.07) is 19.1. The van der Waals surface area contributed by atoms with E-state index in [-0.39, 0.29) is 0 Å². The van der Waals surface area contributed by atoms with Crippen molar-refractivity contribution in [2.24, 2.45) is 0 Å². The molecule has 0 atom stereocenters. The normalized spacial score (nSPS) is 10.9. The topological polar surface area (TPSA) is 0 Å². The van der Waals surface area contributed by atoms with Crippen LogP contribution >= 0.6 is 54.5 Å². The first-order chi connectivity index (χ1) is 9.16. The first-order valence-corrected chi connectivity index (χ1v) is 8.46. The Bertz CT molecular complexity index is 766. The molecule has 0 heterocycles. The molecule has 0 bridgehead atoms. The van der Waals surface area contributed by atoms with E-state index in [0.29, 0.717) is 0 Å².